The van der Waals surface area contributed by atoms with Crippen molar-refractivity contribution < 1.29 is 28.5 Å². The van der Waals surface area contributed by atoms with Crippen LogP contribution < -0.4 is 0 Å². The fraction of sp³-hybridized carbons (Fsp3) is 0.778. The predicted octanol–water partition coefficient (Wildman–Crippen LogP) is 5.45. The van der Waals surface area contributed by atoms with Crippen molar-refractivity contribution >= 4 is 16.6 Å². The third-order valence-electron chi connectivity index (χ3n) is 8.50. The Balaban J connectivity index is 2.62. The molecule has 0 spiro atoms. The van der Waals surface area contributed by atoms with Crippen LogP contribution >= 0.6 is 0 Å². The van der Waals surface area contributed by atoms with Crippen molar-refractivity contribution in [2.24, 2.45) is 0 Å². The van der Waals surface area contributed by atoms with E-state index < -0.39 is 47.2 Å². The average molecular weight is 527 g/mol. The Hall–Kier alpha value is -0.586. The third-order valence-corrected chi connectivity index (χ3v) is 17.4. The van der Waals surface area contributed by atoms with Crippen molar-refractivity contribution in [1.29, 1.82) is 0 Å². The third kappa shape index (κ3) is 6.29. The summed E-state index contributed by atoms with van der Waals surface area (Å²) in [5.74, 6) is 0. The molecule has 6 atom stereocenters. The number of aliphatic hydroxyl groups excluding tert-OH is 1. The molecule has 0 amide bonds. The van der Waals surface area contributed by atoms with Gasteiger partial charge in [-0.3, -0.25) is 0 Å². The van der Waals surface area contributed by atoms with Gasteiger partial charge < -0.3 is 28.5 Å². The summed E-state index contributed by atoms with van der Waals surface area (Å²) in [5, 5.41) is 22.4. The van der Waals surface area contributed by atoms with Gasteiger partial charge in [0, 0.05) is 7.11 Å². The average Bonchev–Trinajstić information content (AvgIpc) is 2.74. The smallest absolute Gasteiger partial charge is 0.192 e. The number of hydrogen-bond acceptors (Lipinski definition) is 6. The first-order valence-electron chi connectivity index (χ1n) is 12.7. The lowest BCUT2D eigenvalue weighted by Crippen LogP contribution is -2.69. The maximum atomic E-state index is 11.9. The fourth-order valence-corrected chi connectivity index (χ4v) is 6.71. The first-order valence-corrected chi connectivity index (χ1v) is 18.6. The molecular formula is C27H50O6Si2. The van der Waals surface area contributed by atoms with Crippen molar-refractivity contribution in [2.75, 3.05) is 13.7 Å². The minimum Gasteiger partial charge on any atom is -0.409 e. The van der Waals surface area contributed by atoms with E-state index in [9.17, 15) is 10.2 Å². The largest absolute Gasteiger partial charge is 0.409 e. The summed E-state index contributed by atoms with van der Waals surface area (Å²) in [6, 6.07) is 9.21. The van der Waals surface area contributed by atoms with Gasteiger partial charge in [0.25, 0.3) is 0 Å². The lowest BCUT2D eigenvalue weighted by molar-refractivity contribution is -0.268. The van der Waals surface area contributed by atoms with Crippen LogP contribution in [0.25, 0.3) is 0 Å². The van der Waals surface area contributed by atoms with Crippen LogP contribution in [0, 0.1) is 0 Å². The zero-order valence-corrected chi connectivity index (χ0v) is 26.0. The summed E-state index contributed by atoms with van der Waals surface area (Å²) >= 11 is 0. The number of aliphatic hydroxyl groups is 2. The molecule has 1 aromatic rings. The van der Waals surface area contributed by atoms with E-state index in [2.05, 4.69) is 67.7 Å². The van der Waals surface area contributed by atoms with Crippen molar-refractivity contribution in [1.82, 2.24) is 0 Å². The van der Waals surface area contributed by atoms with Crippen LogP contribution in [0.15, 0.2) is 30.3 Å². The minimum atomic E-state index is -2.33. The number of hydrogen-bond donors (Lipinski definition) is 2. The molecular weight excluding hydrogens is 476 g/mol. The van der Waals surface area contributed by atoms with Gasteiger partial charge in [-0.25, -0.2) is 0 Å². The highest BCUT2D eigenvalue weighted by Gasteiger charge is 2.58. The molecule has 0 radical (unpaired) electrons. The van der Waals surface area contributed by atoms with Crippen molar-refractivity contribution in [3.8, 4) is 0 Å². The predicted molar refractivity (Wildman–Crippen MR) is 147 cm³/mol. The van der Waals surface area contributed by atoms with Crippen LogP contribution in [0.4, 0.5) is 0 Å². The fourth-order valence-electron chi connectivity index (χ4n) is 4.06. The second kappa shape index (κ2) is 10.7. The molecule has 1 aromatic carbocycles. The molecule has 0 unspecified atom stereocenters. The molecule has 6 nitrogen and oxygen atoms in total. The quantitative estimate of drug-likeness (QED) is 0.439. The molecule has 0 saturated carbocycles. The first-order chi connectivity index (χ1) is 15.8. The van der Waals surface area contributed by atoms with Crippen LogP contribution in [0.1, 0.15) is 54.0 Å². The van der Waals surface area contributed by atoms with E-state index in [1.165, 1.54) is 0 Å². The van der Waals surface area contributed by atoms with Crippen molar-refractivity contribution in [2.45, 2.75) is 121 Å². The van der Waals surface area contributed by atoms with E-state index in [0.29, 0.717) is 5.56 Å². The number of ether oxygens (including phenoxy) is 2. The summed E-state index contributed by atoms with van der Waals surface area (Å²) in [4.78, 5) is 0. The molecule has 2 N–H and O–H groups in total. The van der Waals surface area contributed by atoms with Gasteiger partial charge in [-0.2, -0.15) is 0 Å². The Kier molecular flexibility index (Phi) is 9.32. The first kappa shape index (κ1) is 30.6. The summed E-state index contributed by atoms with van der Waals surface area (Å²) in [5.41, 5.74) is -1.08. The van der Waals surface area contributed by atoms with Crippen molar-refractivity contribution in [3.05, 3.63) is 35.9 Å². The zero-order chi connectivity index (χ0) is 27.0. The summed E-state index contributed by atoms with van der Waals surface area (Å²) in [6.07, 6.45) is -2.70. The molecule has 1 aliphatic heterocycles. The molecule has 8 heteroatoms. The molecule has 0 aromatic heterocycles. The molecule has 2 rings (SSSR count). The molecule has 1 aliphatic rings. The molecule has 202 valence electrons. The van der Waals surface area contributed by atoms with Crippen LogP contribution in [0.5, 0.6) is 0 Å². The van der Waals surface area contributed by atoms with Crippen LogP contribution in [0.3, 0.4) is 0 Å². The molecule has 1 saturated heterocycles. The molecule has 35 heavy (non-hydrogen) atoms. The van der Waals surface area contributed by atoms with Crippen molar-refractivity contribution in [3.63, 3.8) is 0 Å². The van der Waals surface area contributed by atoms with Gasteiger partial charge in [0.15, 0.2) is 16.6 Å². The second-order valence-corrected chi connectivity index (χ2v) is 22.6. The van der Waals surface area contributed by atoms with Gasteiger partial charge in [0.2, 0.25) is 0 Å². The summed E-state index contributed by atoms with van der Waals surface area (Å²) < 4.78 is 26.5. The Morgan fingerprint density at radius 3 is 1.69 bits per heavy atom. The monoisotopic (exact) mass is 526 g/mol. The van der Waals surface area contributed by atoms with Gasteiger partial charge in [-0.1, -0.05) is 71.9 Å². The standard InChI is InChI=1S/C27H50O6Si2/c1-19-21(32-34(9,10)25(2,3)4)22(30-8)23(33-35(11,12)26(5,6)7)24(31-19)27(29,18-28)20-16-14-13-15-17-20/h13-17,19,21-24,28-29H,18H2,1-12H3/t19-,21-,22-,23+,24+,27+/m1/s1. The Labute approximate surface area is 215 Å². The SMILES string of the molecule is CO[C@@H]1[C@H](O[Si](C)(C)C(C)(C)C)[C@@H](C)O[C@H]([C@](O)(CO)c2ccccc2)[C@H]1O[Si](C)(C)C(C)(C)C. The lowest BCUT2D eigenvalue weighted by Gasteiger charge is -2.54. The van der Waals surface area contributed by atoms with E-state index in [4.69, 9.17) is 18.3 Å². The topological polar surface area (TPSA) is 77.4 Å². The molecule has 0 aliphatic carbocycles. The Bertz CT molecular complexity index is 817. The van der Waals surface area contributed by atoms with Crippen LogP contribution in [0.2, 0.25) is 36.3 Å². The maximum absolute atomic E-state index is 11.9. The van der Waals surface area contributed by atoms with E-state index in [0.717, 1.165) is 0 Å². The van der Waals surface area contributed by atoms with Gasteiger partial charge in [-0.05, 0) is 48.8 Å². The van der Waals surface area contributed by atoms with E-state index in [-0.39, 0.29) is 22.3 Å². The second-order valence-electron chi connectivity index (χ2n) is 13.1. The zero-order valence-electron chi connectivity index (χ0n) is 24.0. The molecule has 1 fully saturated rings. The number of methoxy groups -OCH3 is 1. The van der Waals surface area contributed by atoms with Crippen LogP contribution in [-0.2, 0) is 23.9 Å². The minimum absolute atomic E-state index is 0.00746. The summed E-state index contributed by atoms with van der Waals surface area (Å²) in [6.45, 7) is 23.4. The van der Waals surface area contributed by atoms with E-state index in [1.54, 1.807) is 7.11 Å². The number of rotatable bonds is 8. The highest BCUT2D eigenvalue weighted by atomic mass is 28.4. The van der Waals surface area contributed by atoms with Gasteiger partial charge in [0.05, 0.1) is 18.8 Å². The van der Waals surface area contributed by atoms with E-state index in [1.807, 2.05) is 37.3 Å². The highest BCUT2D eigenvalue weighted by Crippen LogP contribution is 2.45. The lowest BCUT2D eigenvalue weighted by atomic mass is 9.81. The van der Waals surface area contributed by atoms with E-state index >= 15 is 0 Å². The van der Waals surface area contributed by atoms with Gasteiger partial charge >= 0.3 is 0 Å². The Morgan fingerprint density at radius 1 is 0.829 bits per heavy atom. The molecule has 1 heterocycles. The normalized spacial score (nSPS) is 28.6. The molecule has 0 bridgehead atoms. The Morgan fingerprint density at radius 2 is 1.29 bits per heavy atom. The highest BCUT2D eigenvalue weighted by molar-refractivity contribution is 6.74. The van der Waals surface area contributed by atoms with Crippen LogP contribution in [-0.4, -0.2) is 71.1 Å². The van der Waals surface area contributed by atoms with Gasteiger partial charge in [0.1, 0.15) is 23.9 Å². The van der Waals surface area contributed by atoms with Gasteiger partial charge in [-0.15, -0.1) is 0 Å². The summed E-state index contributed by atoms with van der Waals surface area (Å²) in [7, 11) is -2.83. The maximum Gasteiger partial charge on any atom is 0.192 e. The number of benzene rings is 1.